The van der Waals surface area contributed by atoms with Crippen LogP contribution in [0.5, 0.6) is 0 Å². The molecule has 64 valence electrons. The molecule has 0 nitrogen and oxygen atoms in total. The molecule has 0 heterocycles. The van der Waals surface area contributed by atoms with Crippen molar-refractivity contribution >= 4 is 7.28 Å². The lowest BCUT2D eigenvalue weighted by atomic mass is 9.51. The van der Waals surface area contributed by atoms with E-state index in [4.69, 9.17) is 0 Å². The van der Waals surface area contributed by atoms with Crippen LogP contribution >= 0.6 is 0 Å². The molecule has 0 N–H and O–H groups in total. The molecule has 0 aliphatic heterocycles. The van der Waals surface area contributed by atoms with Gasteiger partial charge in [-0.1, -0.05) is 64.0 Å². The van der Waals surface area contributed by atoms with Crippen LogP contribution in [-0.4, -0.2) is 7.28 Å². The van der Waals surface area contributed by atoms with Crippen LogP contribution < -0.4 is 0 Å². The van der Waals surface area contributed by atoms with Crippen molar-refractivity contribution in [3.05, 3.63) is 0 Å². The smallest absolute Gasteiger partial charge is 0.0889 e. The third-order valence-corrected chi connectivity index (χ3v) is 3.41. The second-order valence-corrected chi connectivity index (χ2v) is 4.43. The van der Waals surface area contributed by atoms with Crippen LogP contribution in [0.1, 0.15) is 51.9 Å². The third-order valence-electron chi connectivity index (χ3n) is 3.41. The Hall–Kier alpha value is 0.0649. The van der Waals surface area contributed by atoms with Crippen LogP contribution in [0.25, 0.3) is 0 Å². The molecule has 0 spiro atoms. The first-order valence-electron chi connectivity index (χ1n) is 5.27. The van der Waals surface area contributed by atoms with Crippen molar-refractivity contribution in [2.24, 2.45) is 0 Å². The van der Waals surface area contributed by atoms with Crippen molar-refractivity contribution in [1.82, 2.24) is 0 Å². The highest BCUT2D eigenvalue weighted by Gasteiger charge is 2.22. The molecular weight excluding hydrogens is 131 g/mol. The van der Waals surface area contributed by atoms with Crippen molar-refractivity contribution in [1.29, 1.82) is 0 Å². The summed E-state index contributed by atoms with van der Waals surface area (Å²) in [5.74, 6) is 0. The van der Waals surface area contributed by atoms with E-state index >= 15 is 0 Å². The molecule has 0 atom stereocenters. The van der Waals surface area contributed by atoms with Gasteiger partial charge < -0.3 is 0 Å². The third kappa shape index (κ3) is 2.88. The van der Waals surface area contributed by atoms with Gasteiger partial charge in [0, 0.05) is 0 Å². The molecule has 0 aromatic heterocycles. The minimum atomic E-state index is 0.695. The minimum Gasteiger partial charge on any atom is -0.0889 e. The van der Waals surface area contributed by atoms with Crippen molar-refractivity contribution in [3.8, 4) is 0 Å². The highest BCUT2D eigenvalue weighted by atomic mass is 14.2. The summed E-state index contributed by atoms with van der Waals surface area (Å²) < 4.78 is 0. The summed E-state index contributed by atoms with van der Waals surface area (Å²) in [7, 11) is 1.38. The molecule has 0 radical (unpaired) electrons. The number of hydrogen-bond acceptors (Lipinski definition) is 0. The average molecular weight is 152 g/mol. The van der Waals surface area contributed by atoms with Crippen LogP contribution in [0, 0.1) is 0 Å². The Balaban J connectivity index is 2.37. The standard InChI is InChI=1S/C10H21B/c1-10(11-2)8-6-4-3-5-7-9-10/h11H,3-9H2,1-2H3. The maximum absolute atomic E-state index is 2.47. The minimum absolute atomic E-state index is 0.695. The molecule has 0 saturated heterocycles. The normalized spacial score (nSPS) is 25.3. The van der Waals surface area contributed by atoms with Crippen LogP contribution in [-0.2, 0) is 0 Å². The zero-order valence-electron chi connectivity index (χ0n) is 8.16. The molecule has 0 bridgehead atoms. The van der Waals surface area contributed by atoms with E-state index < -0.39 is 0 Å². The van der Waals surface area contributed by atoms with Gasteiger partial charge in [-0.2, -0.15) is 0 Å². The highest BCUT2D eigenvalue weighted by Crippen LogP contribution is 2.38. The Bertz CT molecular complexity index is 101. The highest BCUT2D eigenvalue weighted by molar-refractivity contribution is 6.38. The average Bonchev–Trinajstić information content (AvgIpc) is 1.98. The van der Waals surface area contributed by atoms with Crippen LogP contribution in [0.2, 0.25) is 12.1 Å². The first kappa shape index (κ1) is 9.16. The van der Waals surface area contributed by atoms with E-state index in [0.717, 1.165) is 0 Å². The van der Waals surface area contributed by atoms with E-state index in [1.165, 1.54) is 52.2 Å². The van der Waals surface area contributed by atoms with Crippen LogP contribution in [0.4, 0.5) is 0 Å². The molecular formula is C10H21B. The molecule has 1 aliphatic carbocycles. The van der Waals surface area contributed by atoms with Gasteiger partial charge in [0.1, 0.15) is 7.28 Å². The quantitative estimate of drug-likeness (QED) is 0.505. The summed E-state index contributed by atoms with van der Waals surface area (Å²) in [6.07, 6.45) is 10.4. The summed E-state index contributed by atoms with van der Waals surface area (Å²) in [6, 6.07) is 0. The van der Waals surface area contributed by atoms with E-state index in [0.29, 0.717) is 5.31 Å². The topological polar surface area (TPSA) is 0 Å². The van der Waals surface area contributed by atoms with E-state index in [1.807, 2.05) is 0 Å². The molecule has 1 heteroatoms. The second kappa shape index (κ2) is 4.18. The van der Waals surface area contributed by atoms with E-state index in [2.05, 4.69) is 13.7 Å². The Morgan fingerprint density at radius 3 is 1.82 bits per heavy atom. The van der Waals surface area contributed by atoms with Gasteiger partial charge >= 0.3 is 0 Å². The van der Waals surface area contributed by atoms with Crippen LogP contribution in [0.3, 0.4) is 0 Å². The van der Waals surface area contributed by atoms with Gasteiger partial charge in [0.05, 0.1) is 0 Å². The van der Waals surface area contributed by atoms with Gasteiger partial charge in [-0.05, 0) is 0 Å². The van der Waals surface area contributed by atoms with Crippen molar-refractivity contribution in [3.63, 3.8) is 0 Å². The Morgan fingerprint density at radius 2 is 1.36 bits per heavy atom. The first-order valence-corrected chi connectivity index (χ1v) is 5.27. The van der Waals surface area contributed by atoms with Gasteiger partial charge in [-0.25, -0.2) is 0 Å². The predicted molar refractivity (Wildman–Crippen MR) is 53.7 cm³/mol. The zero-order valence-corrected chi connectivity index (χ0v) is 8.16. The largest absolute Gasteiger partial charge is 0.124 e. The molecule has 1 aliphatic rings. The molecule has 0 aromatic carbocycles. The first-order chi connectivity index (χ1) is 5.27. The van der Waals surface area contributed by atoms with E-state index in [1.54, 1.807) is 0 Å². The fraction of sp³-hybridized carbons (Fsp3) is 1.00. The fourth-order valence-corrected chi connectivity index (χ4v) is 2.11. The van der Waals surface area contributed by atoms with Crippen molar-refractivity contribution < 1.29 is 0 Å². The van der Waals surface area contributed by atoms with Gasteiger partial charge in [-0.15, -0.1) is 0 Å². The number of rotatable bonds is 1. The Morgan fingerprint density at radius 1 is 0.909 bits per heavy atom. The second-order valence-electron chi connectivity index (χ2n) is 4.43. The molecule has 1 fully saturated rings. The van der Waals surface area contributed by atoms with E-state index in [-0.39, 0.29) is 0 Å². The van der Waals surface area contributed by atoms with E-state index in [9.17, 15) is 0 Å². The molecule has 11 heavy (non-hydrogen) atoms. The van der Waals surface area contributed by atoms with Gasteiger partial charge in [0.15, 0.2) is 0 Å². The maximum atomic E-state index is 2.47. The summed E-state index contributed by atoms with van der Waals surface area (Å²) in [4.78, 5) is 0. The van der Waals surface area contributed by atoms with Crippen molar-refractivity contribution in [2.45, 2.75) is 64.0 Å². The molecule has 0 aromatic rings. The SMILES string of the molecule is CBC1(C)CCCCCCC1. The van der Waals surface area contributed by atoms with Gasteiger partial charge in [0.2, 0.25) is 0 Å². The Kier molecular flexibility index (Phi) is 3.48. The molecule has 1 rings (SSSR count). The number of hydrogen-bond donors (Lipinski definition) is 0. The lowest BCUT2D eigenvalue weighted by Gasteiger charge is -2.29. The maximum Gasteiger partial charge on any atom is 0.124 e. The summed E-state index contributed by atoms with van der Waals surface area (Å²) in [5, 5.41) is 0.695. The van der Waals surface area contributed by atoms with Gasteiger partial charge in [-0.3, -0.25) is 0 Å². The van der Waals surface area contributed by atoms with Gasteiger partial charge in [0.25, 0.3) is 0 Å². The predicted octanol–water partition coefficient (Wildman–Crippen LogP) is 3.39. The molecule has 1 saturated carbocycles. The lowest BCUT2D eigenvalue weighted by Crippen LogP contribution is -2.15. The molecule has 0 amide bonds. The zero-order chi connectivity index (χ0) is 8.16. The summed E-state index contributed by atoms with van der Waals surface area (Å²) in [5.41, 5.74) is 0. The summed E-state index contributed by atoms with van der Waals surface area (Å²) in [6.45, 7) is 4.82. The fourth-order valence-electron chi connectivity index (χ4n) is 2.11. The monoisotopic (exact) mass is 152 g/mol. The lowest BCUT2D eigenvalue weighted by molar-refractivity contribution is 0.417. The van der Waals surface area contributed by atoms with Crippen LogP contribution in [0.15, 0.2) is 0 Å². The Labute approximate surface area is 72.0 Å². The van der Waals surface area contributed by atoms with Crippen molar-refractivity contribution in [2.75, 3.05) is 0 Å². The molecule has 0 unspecified atom stereocenters. The summed E-state index contributed by atoms with van der Waals surface area (Å²) >= 11 is 0.